The van der Waals surface area contributed by atoms with E-state index in [-0.39, 0.29) is 0 Å². The van der Waals surface area contributed by atoms with Crippen LogP contribution in [-0.4, -0.2) is 9.13 Å². The molecule has 9 aromatic carbocycles. The van der Waals surface area contributed by atoms with Crippen LogP contribution in [-0.2, 0) is 0 Å². The van der Waals surface area contributed by atoms with Crippen LogP contribution in [0.25, 0.3) is 99.5 Å². The smallest absolute Gasteiger partial charge is 0.100 e. The molecule has 0 aliphatic carbocycles. The summed E-state index contributed by atoms with van der Waals surface area (Å²) in [5, 5.41) is 36.8. The van der Waals surface area contributed by atoms with Gasteiger partial charge in [0.25, 0.3) is 0 Å². The van der Waals surface area contributed by atoms with E-state index in [4.69, 9.17) is 0 Å². The fourth-order valence-corrected chi connectivity index (χ4v) is 9.39. The van der Waals surface area contributed by atoms with Crippen LogP contribution < -0.4 is 0 Å². The average molecular weight is 788 g/mol. The Balaban J connectivity index is 1.16. The van der Waals surface area contributed by atoms with Crippen LogP contribution in [0.15, 0.2) is 200 Å². The molecule has 0 atom stereocenters. The van der Waals surface area contributed by atoms with Gasteiger partial charge in [-0.05, 0) is 94.5 Å². The van der Waals surface area contributed by atoms with Gasteiger partial charge in [0, 0.05) is 49.6 Å². The molecule has 0 fully saturated rings. The quantitative estimate of drug-likeness (QED) is 0.168. The van der Waals surface area contributed by atoms with Crippen LogP contribution in [0.3, 0.4) is 0 Å². The van der Waals surface area contributed by atoms with Crippen molar-refractivity contribution in [3.63, 3.8) is 0 Å². The molecule has 62 heavy (non-hydrogen) atoms. The molecule has 11 rings (SSSR count). The molecular formula is C57H33N5. The molecule has 0 saturated carbocycles. The van der Waals surface area contributed by atoms with Crippen LogP contribution in [0.5, 0.6) is 0 Å². The number of hydrogen-bond donors (Lipinski definition) is 0. The molecule has 0 aliphatic heterocycles. The van der Waals surface area contributed by atoms with Crippen molar-refractivity contribution in [2.24, 2.45) is 0 Å². The molecule has 2 heterocycles. The van der Waals surface area contributed by atoms with E-state index in [1.54, 1.807) is 0 Å². The molecule has 286 valence electrons. The summed E-state index contributed by atoms with van der Waals surface area (Å²) < 4.78 is 4.68. The number of hydrogen-bond acceptors (Lipinski definition) is 3. The Bertz CT molecular complexity index is 3690. The highest BCUT2D eigenvalue weighted by molar-refractivity contribution is 6.29. The molecule has 0 bridgehead atoms. The van der Waals surface area contributed by atoms with Gasteiger partial charge in [-0.25, -0.2) is 0 Å². The van der Waals surface area contributed by atoms with Crippen LogP contribution in [0, 0.1) is 34.0 Å². The Morgan fingerprint density at radius 2 is 0.790 bits per heavy atom. The van der Waals surface area contributed by atoms with Crippen LogP contribution >= 0.6 is 0 Å². The van der Waals surface area contributed by atoms with E-state index in [1.165, 1.54) is 5.39 Å². The van der Waals surface area contributed by atoms with Crippen molar-refractivity contribution in [2.75, 3.05) is 0 Å². The minimum absolute atomic E-state index is 0.387. The molecule has 11 aromatic rings. The third-order valence-corrected chi connectivity index (χ3v) is 12.1. The second kappa shape index (κ2) is 14.7. The maximum Gasteiger partial charge on any atom is 0.100 e. The first-order chi connectivity index (χ1) is 30.7. The number of para-hydroxylation sites is 3. The summed E-state index contributed by atoms with van der Waals surface area (Å²) in [5.41, 5.74) is 13.9. The van der Waals surface area contributed by atoms with Crippen molar-refractivity contribution in [1.29, 1.82) is 15.8 Å². The molecule has 0 saturated heterocycles. The van der Waals surface area contributed by atoms with Crippen molar-refractivity contribution in [1.82, 2.24) is 9.13 Å². The number of nitrogens with zero attached hydrogens (tertiary/aromatic N) is 5. The van der Waals surface area contributed by atoms with Crippen molar-refractivity contribution < 1.29 is 0 Å². The Hall–Kier alpha value is -8.95. The van der Waals surface area contributed by atoms with Gasteiger partial charge in [-0.2, -0.15) is 15.8 Å². The molecule has 5 nitrogen and oxygen atoms in total. The minimum atomic E-state index is 0.387. The first-order valence-electron chi connectivity index (χ1n) is 20.4. The van der Waals surface area contributed by atoms with E-state index in [0.29, 0.717) is 27.8 Å². The predicted octanol–water partition coefficient (Wildman–Crippen LogP) is 14.2. The van der Waals surface area contributed by atoms with Gasteiger partial charge in [0.15, 0.2) is 0 Å². The lowest BCUT2D eigenvalue weighted by Crippen LogP contribution is -1.98. The summed E-state index contributed by atoms with van der Waals surface area (Å²) in [6.07, 6.45) is 0. The number of rotatable bonds is 6. The summed E-state index contributed by atoms with van der Waals surface area (Å²) in [5.74, 6) is 0. The highest BCUT2D eigenvalue weighted by atomic mass is 15.0. The van der Waals surface area contributed by atoms with E-state index in [0.717, 1.165) is 83.0 Å². The lowest BCUT2D eigenvalue weighted by atomic mass is 9.83. The summed E-state index contributed by atoms with van der Waals surface area (Å²) in [4.78, 5) is 0. The van der Waals surface area contributed by atoms with Crippen LogP contribution in [0.4, 0.5) is 0 Å². The second-order valence-corrected chi connectivity index (χ2v) is 15.4. The van der Waals surface area contributed by atoms with Gasteiger partial charge >= 0.3 is 0 Å². The van der Waals surface area contributed by atoms with E-state index in [1.807, 2.05) is 97.1 Å². The molecular weight excluding hydrogens is 755 g/mol. The maximum absolute atomic E-state index is 10.9. The van der Waals surface area contributed by atoms with Gasteiger partial charge < -0.3 is 9.13 Å². The number of aromatic nitrogens is 2. The fraction of sp³-hybridized carbons (Fsp3) is 0. The van der Waals surface area contributed by atoms with Crippen LogP contribution in [0.2, 0.25) is 0 Å². The van der Waals surface area contributed by atoms with Crippen molar-refractivity contribution in [2.45, 2.75) is 0 Å². The monoisotopic (exact) mass is 787 g/mol. The van der Waals surface area contributed by atoms with Gasteiger partial charge in [-0.1, -0.05) is 133 Å². The standard InChI is InChI=1S/C57H33N5/c58-34-41-31-39(47-33-46(37-15-5-1-6-16-37)49(35-59)55(50(47)36-60)38-17-7-2-8-18-38)25-27-44(41)40-26-28-52-48(32-40)57-54(62(52)43-21-11-4-12-22-43)30-29-53-56(57)45-23-13-14-24-51(45)61(53)42-19-9-3-10-20-42/h1-33H. The molecule has 2 aromatic heterocycles. The van der Waals surface area contributed by atoms with Gasteiger partial charge in [-0.3, -0.25) is 0 Å². The Morgan fingerprint density at radius 1 is 0.323 bits per heavy atom. The Labute approximate surface area is 358 Å². The molecule has 0 amide bonds. The SMILES string of the molecule is N#Cc1cc(-c2cc(-c3ccccc3)c(C#N)c(-c3ccccc3)c2C#N)ccc1-c1ccc2c(c1)c1c3c4ccccc4n(-c4ccccc4)c3ccc1n2-c1ccccc1. The average Bonchev–Trinajstić information content (AvgIpc) is 3.86. The topological polar surface area (TPSA) is 81.2 Å². The van der Waals surface area contributed by atoms with Gasteiger partial charge in [0.2, 0.25) is 0 Å². The Morgan fingerprint density at radius 3 is 1.39 bits per heavy atom. The lowest BCUT2D eigenvalue weighted by molar-refractivity contribution is 1.17. The first kappa shape index (κ1) is 36.2. The minimum Gasteiger partial charge on any atom is -0.309 e. The molecule has 0 N–H and O–H groups in total. The summed E-state index contributed by atoms with van der Waals surface area (Å²) in [6.45, 7) is 0. The molecule has 0 spiro atoms. The van der Waals surface area contributed by atoms with E-state index in [9.17, 15) is 15.8 Å². The zero-order chi connectivity index (χ0) is 41.7. The van der Waals surface area contributed by atoms with Gasteiger partial charge in [-0.15, -0.1) is 0 Å². The molecule has 0 unspecified atom stereocenters. The van der Waals surface area contributed by atoms with Crippen molar-refractivity contribution in [3.05, 3.63) is 217 Å². The van der Waals surface area contributed by atoms with Gasteiger partial charge in [0.1, 0.15) is 12.1 Å². The summed E-state index contributed by atoms with van der Waals surface area (Å²) in [6, 6.07) is 75.1. The highest BCUT2D eigenvalue weighted by Crippen LogP contribution is 2.45. The molecule has 5 heteroatoms. The summed E-state index contributed by atoms with van der Waals surface area (Å²) >= 11 is 0. The lowest BCUT2D eigenvalue weighted by Gasteiger charge is -2.17. The van der Waals surface area contributed by atoms with Gasteiger partial charge in [0.05, 0.1) is 44.8 Å². The van der Waals surface area contributed by atoms with Crippen molar-refractivity contribution in [3.8, 4) is 74.1 Å². The highest BCUT2D eigenvalue weighted by Gasteiger charge is 2.24. The van der Waals surface area contributed by atoms with Crippen molar-refractivity contribution >= 4 is 43.6 Å². The zero-order valence-electron chi connectivity index (χ0n) is 33.3. The molecule has 0 radical (unpaired) electrons. The number of fused-ring (bicyclic) bond motifs is 7. The number of nitriles is 3. The summed E-state index contributed by atoms with van der Waals surface area (Å²) in [7, 11) is 0. The number of benzene rings is 9. The molecule has 0 aliphatic rings. The van der Waals surface area contributed by atoms with E-state index >= 15 is 0 Å². The zero-order valence-corrected chi connectivity index (χ0v) is 33.3. The fourth-order valence-electron chi connectivity index (χ4n) is 9.39. The maximum atomic E-state index is 10.9. The Kier molecular flexibility index (Phi) is 8.57. The first-order valence-corrected chi connectivity index (χ1v) is 20.4. The third-order valence-electron chi connectivity index (χ3n) is 12.1. The third kappa shape index (κ3) is 5.60. The van der Waals surface area contributed by atoms with Crippen LogP contribution in [0.1, 0.15) is 16.7 Å². The van der Waals surface area contributed by atoms with E-state index in [2.05, 4.69) is 130 Å². The van der Waals surface area contributed by atoms with E-state index < -0.39 is 0 Å². The predicted molar refractivity (Wildman–Crippen MR) is 251 cm³/mol. The largest absolute Gasteiger partial charge is 0.309 e. The normalized spacial score (nSPS) is 11.2. The second-order valence-electron chi connectivity index (χ2n) is 15.4.